The number of hydrogen-bond donors (Lipinski definition) is 3. The molecule has 26 heavy (non-hydrogen) atoms. The Morgan fingerprint density at radius 1 is 1.15 bits per heavy atom. The zero-order valence-corrected chi connectivity index (χ0v) is 15.0. The summed E-state index contributed by atoms with van der Waals surface area (Å²) >= 11 is 6.32. The summed E-state index contributed by atoms with van der Waals surface area (Å²) in [6, 6.07) is 16.4. The van der Waals surface area contributed by atoms with Gasteiger partial charge in [0.05, 0.1) is 11.2 Å². The van der Waals surface area contributed by atoms with Crippen molar-refractivity contribution in [3.63, 3.8) is 0 Å². The lowest BCUT2D eigenvalue weighted by atomic mass is 10.0. The van der Waals surface area contributed by atoms with E-state index in [1.54, 1.807) is 0 Å². The summed E-state index contributed by atoms with van der Waals surface area (Å²) in [5, 5.41) is 14.4. The maximum atomic E-state index is 11.1. The van der Waals surface area contributed by atoms with E-state index in [0.29, 0.717) is 18.1 Å². The molecule has 1 amide bonds. The minimum absolute atomic E-state index is 0.232. The topological polar surface area (TPSA) is 68.4 Å². The minimum Gasteiger partial charge on any atom is -0.465 e. The first kappa shape index (κ1) is 16.8. The Morgan fingerprint density at radius 2 is 1.88 bits per heavy atom. The monoisotopic (exact) mass is 369 g/mol. The number of nitrogens with one attached hydrogen (secondary N) is 2. The first-order valence-electron chi connectivity index (χ1n) is 8.72. The van der Waals surface area contributed by atoms with Crippen LogP contribution in [0.4, 0.5) is 10.5 Å². The third-order valence-corrected chi connectivity index (χ3v) is 5.12. The van der Waals surface area contributed by atoms with Crippen LogP contribution < -0.4 is 5.32 Å². The predicted molar refractivity (Wildman–Crippen MR) is 105 cm³/mol. The maximum absolute atomic E-state index is 11.1. The van der Waals surface area contributed by atoms with E-state index in [-0.39, 0.29) is 6.04 Å². The van der Waals surface area contributed by atoms with Crippen LogP contribution in [0.3, 0.4) is 0 Å². The van der Waals surface area contributed by atoms with Crippen LogP contribution in [0.25, 0.3) is 22.2 Å². The molecule has 6 heteroatoms. The number of benzene rings is 2. The number of likely N-dealkylation sites (tertiary alicyclic amines) is 1. The van der Waals surface area contributed by atoms with Crippen LogP contribution in [0.2, 0.25) is 5.02 Å². The molecule has 0 bridgehead atoms. The second kappa shape index (κ2) is 6.92. The van der Waals surface area contributed by atoms with Gasteiger partial charge in [0.2, 0.25) is 0 Å². The Bertz CT molecular complexity index is 931. The fraction of sp³-hybridized carbons (Fsp3) is 0.250. The van der Waals surface area contributed by atoms with E-state index in [1.807, 2.05) is 30.3 Å². The van der Waals surface area contributed by atoms with E-state index in [4.69, 9.17) is 16.7 Å². The number of anilines is 1. The van der Waals surface area contributed by atoms with Crippen molar-refractivity contribution in [1.82, 2.24) is 9.88 Å². The summed E-state index contributed by atoms with van der Waals surface area (Å²) in [6.07, 6.45) is 0.726. The highest BCUT2D eigenvalue weighted by molar-refractivity contribution is 6.32. The molecule has 134 valence electrons. The van der Waals surface area contributed by atoms with Gasteiger partial charge in [0, 0.05) is 35.2 Å². The Morgan fingerprint density at radius 3 is 2.58 bits per heavy atom. The lowest BCUT2D eigenvalue weighted by Gasteiger charge is -2.31. The number of carbonyl (C=O) groups is 1. The Labute approximate surface area is 156 Å². The lowest BCUT2D eigenvalue weighted by molar-refractivity contribution is 0.134. The second-order valence-electron chi connectivity index (χ2n) is 6.65. The highest BCUT2D eigenvalue weighted by Gasteiger charge is 2.22. The molecule has 0 aliphatic carbocycles. The second-order valence-corrected chi connectivity index (χ2v) is 7.09. The molecule has 0 saturated carbocycles. The Kier molecular flexibility index (Phi) is 4.47. The average Bonchev–Trinajstić information content (AvgIpc) is 3.07. The van der Waals surface area contributed by atoms with Gasteiger partial charge in [-0.1, -0.05) is 41.9 Å². The molecule has 3 aromatic rings. The van der Waals surface area contributed by atoms with Crippen molar-refractivity contribution in [1.29, 1.82) is 0 Å². The van der Waals surface area contributed by atoms with Gasteiger partial charge in [-0.15, -0.1) is 0 Å². The van der Waals surface area contributed by atoms with Crippen LogP contribution in [0.15, 0.2) is 48.5 Å². The van der Waals surface area contributed by atoms with Gasteiger partial charge in [-0.05, 0) is 36.6 Å². The van der Waals surface area contributed by atoms with Gasteiger partial charge < -0.3 is 20.3 Å². The van der Waals surface area contributed by atoms with Crippen molar-refractivity contribution in [3.8, 4) is 11.3 Å². The van der Waals surface area contributed by atoms with Crippen molar-refractivity contribution in [2.75, 3.05) is 18.4 Å². The average molecular weight is 370 g/mol. The van der Waals surface area contributed by atoms with E-state index in [0.717, 1.165) is 40.7 Å². The normalized spacial score (nSPS) is 15.3. The molecular weight excluding hydrogens is 350 g/mol. The van der Waals surface area contributed by atoms with Crippen LogP contribution in [0.1, 0.15) is 12.8 Å². The number of nitrogens with zero attached hydrogens (tertiary/aromatic N) is 1. The summed E-state index contributed by atoms with van der Waals surface area (Å²) in [5.41, 5.74) is 4.16. The molecule has 1 aliphatic rings. The SMILES string of the molecule is O=C(O)N1CCC(Nc2cc(Cl)cc3cc(-c4ccccc4)[nH]c23)CC1. The number of rotatable bonds is 3. The molecule has 1 aliphatic heterocycles. The maximum Gasteiger partial charge on any atom is 0.407 e. The van der Waals surface area contributed by atoms with Crippen molar-refractivity contribution in [2.24, 2.45) is 0 Å². The van der Waals surface area contributed by atoms with Gasteiger partial charge in [-0.25, -0.2) is 4.79 Å². The number of hydrogen-bond acceptors (Lipinski definition) is 2. The van der Waals surface area contributed by atoms with E-state index < -0.39 is 6.09 Å². The van der Waals surface area contributed by atoms with Crippen LogP contribution in [-0.2, 0) is 0 Å². The molecule has 0 unspecified atom stereocenters. The van der Waals surface area contributed by atoms with Crippen molar-refractivity contribution >= 4 is 34.3 Å². The lowest BCUT2D eigenvalue weighted by Crippen LogP contribution is -2.41. The third kappa shape index (κ3) is 3.35. The van der Waals surface area contributed by atoms with Crippen LogP contribution >= 0.6 is 11.6 Å². The minimum atomic E-state index is -0.842. The molecule has 3 N–H and O–H groups in total. The molecular formula is C20H20ClN3O2. The predicted octanol–water partition coefficient (Wildman–Crippen LogP) is 5.04. The van der Waals surface area contributed by atoms with Crippen molar-refractivity contribution in [3.05, 3.63) is 53.6 Å². The van der Waals surface area contributed by atoms with Gasteiger partial charge in [-0.3, -0.25) is 0 Å². The number of amides is 1. The van der Waals surface area contributed by atoms with Crippen LogP contribution in [0.5, 0.6) is 0 Å². The number of halogens is 1. The van der Waals surface area contributed by atoms with Crippen LogP contribution in [0, 0.1) is 0 Å². The highest BCUT2D eigenvalue weighted by Crippen LogP contribution is 2.33. The van der Waals surface area contributed by atoms with E-state index in [9.17, 15) is 4.79 Å². The standard InChI is InChI=1S/C20H20ClN3O2/c21-15-10-14-11-17(13-4-2-1-3-5-13)23-19(14)18(12-15)22-16-6-8-24(9-7-16)20(25)26/h1-5,10-12,16,22-23H,6-9H2,(H,25,26). The summed E-state index contributed by atoms with van der Waals surface area (Å²) in [7, 11) is 0. The summed E-state index contributed by atoms with van der Waals surface area (Å²) in [6.45, 7) is 1.10. The Hall–Kier alpha value is -2.66. The first-order chi connectivity index (χ1) is 12.6. The van der Waals surface area contributed by atoms with Gasteiger partial charge in [0.25, 0.3) is 0 Å². The number of fused-ring (bicyclic) bond motifs is 1. The molecule has 1 fully saturated rings. The van der Waals surface area contributed by atoms with E-state index in [2.05, 4.69) is 28.5 Å². The molecule has 0 spiro atoms. The largest absolute Gasteiger partial charge is 0.465 e. The van der Waals surface area contributed by atoms with Gasteiger partial charge >= 0.3 is 6.09 Å². The fourth-order valence-electron chi connectivity index (χ4n) is 3.53. The zero-order valence-electron chi connectivity index (χ0n) is 14.2. The summed E-state index contributed by atoms with van der Waals surface area (Å²) < 4.78 is 0. The number of carboxylic acid groups (broad SMARTS) is 1. The quantitative estimate of drug-likeness (QED) is 0.605. The first-order valence-corrected chi connectivity index (χ1v) is 9.10. The molecule has 0 atom stereocenters. The highest BCUT2D eigenvalue weighted by atomic mass is 35.5. The van der Waals surface area contributed by atoms with Crippen molar-refractivity contribution < 1.29 is 9.90 Å². The van der Waals surface area contributed by atoms with Crippen molar-refractivity contribution in [2.45, 2.75) is 18.9 Å². The fourth-order valence-corrected chi connectivity index (χ4v) is 3.76. The molecule has 4 rings (SSSR count). The summed E-state index contributed by atoms with van der Waals surface area (Å²) in [5.74, 6) is 0. The summed E-state index contributed by atoms with van der Waals surface area (Å²) in [4.78, 5) is 16.0. The van der Waals surface area contributed by atoms with Gasteiger partial charge in [0.1, 0.15) is 0 Å². The van der Waals surface area contributed by atoms with Crippen LogP contribution in [-0.4, -0.2) is 40.2 Å². The number of H-pyrrole nitrogens is 1. The molecule has 0 radical (unpaired) electrons. The smallest absolute Gasteiger partial charge is 0.407 e. The molecule has 5 nitrogen and oxygen atoms in total. The molecule has 1 aromatic heterocycles. The van der Waals surface area contributed by atoms with E-state index >= 15 is 0 Å². The number of aromatic nitrogens is 1. The molecule has 2 heterocycles. The zero-order chi connectivity index (χ0) is 18.1. The third-order valence-electron chi connectivity index (χ3n) is 4.90. The van der Waals surface area contributed by atoms with Gasteiger partial charge in [-0.2, -0.15) is 0 Å². The molecule has 1 saturated heterocycles. The van der Waals surface area contributed by atoms with E-state index in [1.165, 1.54) is 4.90 Å². The Balaban J connectivity index is 1.61. The molecule has 2 aromatic carbocycles. The van der Waals surface area contributed by atoms with Gasteiger partial charge in [0.15, 0.2) is 0 Å². The number of piperidine rings is 1. The number of aromatic amines is 1.